The highest BCUT2D eigenvalue weighted by molar-refractivity contribution is 7.92. The predicted molar refractivity (Wildman–Crippen MR) is 140 cm³/mol. The third kappa shape index (κ3) is 6.93. The van der Waals surface area contributed by atoms with Gasteiger partial charge in [0.2, 0.25) is 0 Å². The van der Waals surface area contributed by atoms with Crippen LogP contribution in [0.5, 0.6) is 5.75 Å². The minimum absolute atomic E-state index is 0.0499. The third-order valence-corrected chi connectivity index (χ3v) is 7.12. The lowest BCUT2D eigenvalue weighted by Gasteiger charge is -2.24. The molecule has 0 saturated carbocycles. The first-order valence-corrected chi connectivity index (χ1v) is 12.8. The van der Waals surface area contributed by atoms with Crippen LogP contribution in [-0.4, -0.2) is 33.7 Å². The molecule has 0 aromatic heterocycles. The molecule has 0 fully saturated rings. The van der Waals surface area contributed by atoms with Crippen LogP contribution in [0, 0.1) is 18.3 Å². The molecule has 1 amide bonds. The molecule has 3 rings (SSSR count). The highest BCUT2D eigenvalue weighted by Gasteiger charge is 2.27. The Morgan fingerprint density at radius 3 is 2.28 bits per heavy atom. The number of carbonyl (C=O) groups is 1. The van der Waals surface area contributed by atoms with Gasteiger partial charge in [-0.3, -0.25) is 9.10 Å². The van der Waals surface area contributed by atoms with Gasteiger partial charge in [-0.25, -0.2) is 13.8 Å². The Bertz CT molecular complexity index is 1340. The van der Waals surface area contributed by atoms with Gasteiger partial charge in [0.15, 0.2) is 6.61 Å². The van der Waals surface area contributed by atoms with Crippen LogP contribution in [0.2, 0.25) is 0 Å². The largest absolute Gasteiger partial charge is 0.479 e. The molecule has 0 aliphatic carbocycles. The second kappa shape index (κ2) is 12.0. The number of benzene rings is 3. The number of hydrogen-bond donors (Lipinski definition) is 1. The maximum absolute atomic E-state index is 13.5. The summed E-state index contributed by atoms with van der Waals surface area (Å²) in [6.45, 7) is 5.47. The van der Waals surface area contributed by atoms with E-state index in [1.165, 1.54) is 18.3 Å². The van der Waals surface area contributed by atoms with Crippen molar-refractivity contribution in [2.45, 2.75) is 31.6 Å². The lowest BCUT2D eigenvalue weighted by atomic mass is 10.0. The van der Waals surface area contributed by atoms with E-state index in [2.05, 4.69) is 10.5 Å². The van der Waals surface area contributed by atoms with Crippen molar-refractivity contribution in [3.05, 3.63) is 89.5 Å². The fourth-order valence-electron chi connectivity index (χ4n) is 3.29. The van der Waals surface area contributed by atoms with E-state index in [1.807, 2.05) is 39.0 Å². The molecule has 0 aliphatic rings. The number of sulfonamides is 1. The zero-order valence-corrected chi connectivity index (χ0v) is 21.2. The van der Waals surface area contributed by atoms with Gasteiger partial charge in [-0.2, -0.15) is 10.4 Å². The number of carbonyl (C=O) groups excluding carboxylic acids is 1. The summed E-state index contributed by atoms with van der Waals surface area (Å²) in [6, 6.07) is 22.3. The van der Waals surface area contributed by atoms with Crippen LogP contribution < -0.4 is 14.5 Å². The van der Waals surface area contributed by atoms with E-state index in [-0.39, 0.29) is 17.4 Å². The maximum Gasteiger partial charge on any atom is 0.264 e. The Kier molecular flexibility index (Phi) is 8.81. The van der Waals surface area contributed by atoms with Crippen LogP contribution in [0.1, 0.15) is 36.5 Å². The Hall–Kier alpha value is -4.16. The SMILES string of the molecule is Cc1ccc(S(=O)(=O)N(CC(=O)N/N=C/c2ccc(OCC#N)cc2)c2ccc(C(C)C)cc2)cc1. The molecule has 8 nitrogen and oxygen atoms in total. The Morgan fingerprint density at radius 2 is 1.69 bits per heavy atom. The van der Waals surface area contributed by atoms with E-state index < -0.39 is 22.5 Å². The van der Waals surface area contributed by atoms with Gasteiger partial charge in [0.05, 0.1) is 16.8 Å². The van der Waals surface area contributed by atoms with Crippen LogP contribution in [-0.2, 0) is 14.8 Å². The summed E-state index contributed by atoms with van der Waals surface area (Å²) >= 11 is 0. The molecule has 36 heavy (non-hydrogen) atoms. The summed E-state index contributed by atoms with van der Waals surface area (Å²) in [4.78, 5) is 12.8. The number of rotatable bonds is 10. The highest BCUT2D eigenvalue weighted by atomic mass is 32.2. The van der Waals surface area contributed by atoms with Crippen LogP contribution in [0.15, 0.2) is 82.8 Å². The van der Waals surface area contributed by atoms with E-state index >= 15 is 0 Å². The zero-order valence-electron chi connectivity index (χ0n) is 20.4. The number of aryl methyl sites for hydroxylation is 1. The molecular weight excluding hydrogens is 476 g/mol. The number of anilines is 1. The predicted octanol–water partition coefficient (Wildman–Crippen LogP) is 4.37. The summed E-state index contributed by atoms with van der Waals surface area (Å²) in [5.41, 5.74) is 5.45. The van der Waals surface area contributed by atoms with E-state index in [0.29, 0.717) is 17.0 Å². The second-order valence-corrected chi connectivity index (χ2v) is 10.2. The minimum Gasteiger partial charge on any atom is -0.479 e. The number of hydrogen-bond acceptors (Lipinski definition) is 6. The summed E-state index contributed by atoms with van der Waals surface area (Å²) < 4.78 is 33.2. The summed E-state index contributed by atoms with van der Waals surface area (Å²) in [6.07, 6.45) is 1.43. The molecule has 0 unspecified atom stereocenters. The van der Waals surface area contributed by atoms with Crippen molar-refractivity contribution in [3.8, 4) is 11.8 Å². The smallest absolute Gasteiger partial charge is 0.264 e. The quantitative estimate of drug-likeness (QED) is 0.326. The Labute approximate surface area is 211 Å². The first-order chi connectivity index (χ1) is 17.2. The van der Waals surface area contributed by atoms with Crippen LogP contribution in [0.25, 0.3) is 0 Å². The van der Waals surface area contributed by atoms with E-state index in [4.69, 9.17) is 10.00 Å². The number of nitriles is 1. The number of hydrazone groups is 1. The molecule has 9 heteroatoms. The van der Waals surface area contributed by atoms with Crippen molar-refractivity contribution in [2.24, 2.45) is 5.10 Å². The molecule has 0 radical (unpaired) electrons. The van der Waals surface area contributed by atoms with Gasteiger partial charge in [-0.05, 0) is 72.5 Å². The Balaban J connectivity index is 1.78. The molecule has 0 atom stereocenters. The topological polar surface area (TPSA) is 112 Å². The normalized spacial score (nSPS) is 11.3. The van der Waals surface area contributed by atoms with E-state index in [1.54, 1.807) is 48.5 Å². The number of nitrogens with zero attached hydrogens (tertiary/aromatic N) is 3. The summed E-state index contributed by atoms with van der Waals surface area (Å²) in [5, 5.41) is 12.5. The molecule has 0 spiro atoms. The second-order valence-electron chi connectivity index (χ2n) is 8.38. The fourth-order valence-corrected chi connectivity index (χ4v) is 4.71. The Morgan fingerprint density at radius 1 is 1.06 bits per heavy atom. The molecule has 0 saturated heterocycles. The average Bonchev–Trinajstić information content (AvgIpc) is 2.87. The van der Waals surface area contributed by atoms with Crippen molar-refractivity contribution >= 4 is 27.8 Å². The minimum atomic E-state index is -4.00. The molecule has 0 aliphatic heterocycles. The van der Waals surface area contributed by atoms with Crippen molar-refractivity contribution in [2.75, 3.05) is 17.5 Å². The molecule has 0 bridgehead atoms. The van der Waals surface area contributed by atoms with Gasteiger partial charge >= 0.3 is 0 Å². The standard InChI is InChI=1S/C27H28N4O4S/c1-20(2)23-8-10-24(11-9-23)31(36(33,34)26-14-4-21(3)5-15-26)19-27(32)30-29-18-22-6-12-25(13-7-22)35-17-16-28/h4-15,18,20H,17,19H2,1-3H3,(H,30,32)/b29-18+. The number of nitrogens with one attached hydrogen (secondary N) is 1. The highest BCUT2D eigenvalue weighted by Crippen LogP contribution is 2.26. The monoisotopic (exact) mass is 504 g/mol. The summed E-state index contributed by atoms with van der Waals surface area (Å²) in [7, 11) is -4.00. The van der Waals surface area contributed by atoms with E-state index in [9.17, 15) is 13.2 Å². The molecule has 0 heterocycles. The van der Waals surface area contributed by atoms with Gasteiger partial charge in [0.1, 0.15) is 18.4 Å². The first kappa shape index (κ1) is 26.4. The van der Waals surface area contributed by atoms with Gasteiger partial charge in [0.25, 0.3) is 15.9 Å². The van der Waals surface area contributed by atoms with Crippen LogP contribution in [0.4, 0.5) is 5.69 Å². The number of amides is 1. The fraction of sp³-hybridized carbons (Fsp3) is 0.222. The van der Waals surface area contributed by atoms with Crippen LogP contribution >= 0.6 is 0 Å². The third-order valence-electron chi connectivity index (χ3n) is 5.33. The molecule has 1 N–H and O–H groups in total. The lowest BCUT2D eigenvalue weighted by Crippen LogP contribution is -2.39. The van der Waals surface area contributed by atoms with Crippen molar-refractivity contribution < 1.29 is 17.9 Å². The zero-order chi connectivity index (χ0) is 26.1. The lowest BCUT2D eigenvalue weighted by molar-refractivity contribution is -0.119. The number of ether oxygens (including phenoxy) is 1. The average molecular weight is 505 g/mol. The summed E-state index contributed by atoms with van der Waals surface area (Å²) in [5.74, 6) is 0.229. The van der Waals surface area contributed by atoms with Gasteiger partial charge in [-0.1, -0.05) is 43.7 Å². The van der Waals surface area contributed by atoms with Gasteiger partial charge < -0.3 is 4.74 Å². The van der Waals surface area contributed by atoms with Crippen LogP contribution in [0.3, 0.4) is 0 Å². The van der Waals surface area contributed by atoms with E-state index in [0.717, 1.165) is 15.4 Å². The van der Waals surface area contributed by atoms with Gasteiger partial charge in [-0.15, -0.1) is 0 Å². The van der Waals surface area contributed by atoms with Crippen molar-refractivity contribution in [1.29, 1.82) is 5.26 Å². The first-order valence-electron chi connectivity index (χ1n) is 11.3. The molecule has 186 valence electrons. The van der Waals surface area contributed by atoms with Crippen molar-refractivity contribution in [1.82, 2.24) is 5.43 Å². The molecular formula is C27H28N4O4S. The van der Waals surface area contributed by atoms with Crippen molar-refractivity contribution in [3.63, 3.8) is 0 Å². The molecule has 3 aromatic carbocycles. The molecule has 3 aromatic rings. The maximum atomic E-state index is 13.5. The van der Waals surface area contributed by atoms with Gasteiger partial charge in [0, 0.05) is 0 Å².